The monoisotopic (exact) mass is 266 g/mol. The van der Waals surface area contributed by atoms with Crippen LogP contribution < -0.4 is 5.32 Å². The molecular weight excluding hydrogens is 244 g/mol. The summed E-state index contributed by atoms with van der Waals surface area (Å²) in [7, 11) is 0. The van der Waals surface area contributed by atoms with Crippen LogP contribution in [0.2, 0.25) is 0 Å². The van der Waals surface area contributed by atoms with Crippen molar-refractivity contribution in [2.75, 3.05) is 18.5 Å². The normalized spacial score (nSPS) is 11.4. The maximum absolute atomic E-state index is 10.9. The molecule has 0 amide bonds. The number of aliphatic hydroxyl groups excluding tert-OH is 1. The molecule has 0 aliphatic rings. The lowest BCUT2D eigenvalue weighted by Crippen LogP contribution is -2.18. The molecule has 5 heteroatoms. The second-order valence-corrected chi connectivity index (χ2v) is 5.63. The van der Waals surface area contributed by atoms with E-state index < -0.39 is 0 Å². The molecule has 0 atom stereocenters. The Balaban J connectivity index is 2.56. The van der Waals surface area contributed by atoms with Gasteiger partial charge < -0.3 is 10.4 Å². The maximum atomic E-state index is 10.9. The molecule has 0 aliphatic heterocycles. The zero-order valence-corrected chi connectivity index (χ0v) is 11.8. The van der Waals surface area contributed by atoms with Crippen LogP contribution in [-0.4, -0.2) is 23.2 Å². The Bertz CT molecular complexity index is 444. The summed E-state index contributed by atoms with van der Waals surface area (Å²) in [5.74, 6) is 0. The third-order valence-electron chi connectivity index (χ3n) is 3.12. The van der Waals surface area contributed by atoms with E-state index >= 15 is 0 Å². The van der Waals surface area contributed by atoms with Crippen molar-refractivity contribution < 1.29 is 10.0 Å². The molecule has 0 spiro atoms. The fourth-order valence-electron chi connectivity index (χ4n) is 1.81. The second kappa shape index (κ2) is 6.52. The van der Waals surface area contributed by atoms with E-state index in [0.717, 1.165) is 18.4 Å². The summed E-state index contributed by atoms with van der Waals surface area (Å²) in [6.45, 7) is 6.65. The van der Waals surface area contributed by atoms with Gasteiger partial charge in [-0.05, 0) is 36.8 Å². The Kier molecular flexibility index (Phi) is 5.30. The quantitative estimate of drug-likeness (QED) is 0.451. The minimum Gasteiger partial charge on any atom is -0.396 e. The average molecular weight is 266 g/mol. The minimum absolute atomic E-state index is 0.0963. The van der Waals surface area contributed by atoms with E-state index in [1.807, 2.05) is 26.8 Å². The summed E-state index contributed by atoms with van der Waals surface area (Å²) in [5, 5.41) is 23.2. The van der Waals surface area contributed by atoms with Gasteiger partial charge in [-0.1, -0.05) is 19.9 Å². The van der Waals surface area contributed by atoms with Crippen LogP contribution in [0.3, 0.4) is 0 Å². The second-order valence-electron chi connectivity index (χ2n) is 5.63. The predicted octanol–water partition coefficient (Wildman–Crippen LogP) is 3.11. The van der Waals surface area contributed by atoms with Crippen LogP contribution in [0, 0.1) is 22.5 Å². The SMILES string of the molecule is Cc1ccc(NCCCC(C)(C)CO)c([N+](=O)[O-])c1. The number of aliphatic hydroxyl groups is 1. The first-order chi connectivity index (χ1) is 8.85. The molecule has 0 fully saturated rings. The van der Waals surface area contributed by atoms with Crippen LogP contribution in [0.1, 0.15) is 32.3 Å². The van der Waals surface area contributed by atoms with Gasteiger partial charge in [0.05, 0.1) is 4.92 Å². The van der Waals surface area contributed by atoms with Crippen molar-refractivity contribution in [2.45, 2.75) is 33.6 Å². The number of nitrogens with one attached hydrogen (secondary N) is 1. The molecule has 1 rings (SSSR count). The molecule has 0 saturated carbocycles. The van der Waals surface area contributed by atoms with Crippen LogP contribution >= 0.6 is 0 Å². The molecule has 0 saturated heterocycles. The summed E-state index contributed by atoms with van der Waals surface area (Å²) in [5.41, 5.74) is 1.44. The third-order valence-corrected chi connectivity index (χ3v) is 3.12. The zero-order valence-electron chi connectivity index (χ0n) is 11.8. The molecule has 0 aromatic heterocycles. The summed E-state index contributed by atoms with van der Waals surface area (Å²) < 4.78 is 0. The lowest BCUT2D eigenvalue weighted by Gasteiger charge is -2.21. The average Bonchev–Trinajstić information content (AvgIpc) is 2.36. The molecule has 19 heavy (non-hydrogen) atoms. The number of nitro groups is 1. The van der Waals surface area contributed by atoms with Gasteiger partial charge in [0, 0.05) is 19.2 Å². The number of nitro benzene ring substituents is 1. The maximum Gasteiger partial charge on any atom is 0.292 e. The van der Waals surface area contributed by atoms with Gasteiger partial charge in [0.1, 0.15) is 5.69 Å². The minimum atomic E-state index is -0.368. The van der Waals surface area contributed by atoms with Gasteiger partial charge in [0.2, 0.25) is 0 Å². The number of rotatable bonds is 7. The highest BCUT2D eigenvalue weighted by Crippen LogP contribution is 2.26. The van der Waals surface area contributed by atoms with Crippen LogP contribution in [0.5, 0.6) is 0 Å². The highest BCUT2D eigenvalue weighted by Gasteiger charge is 2.16. The summed E-state index contributed by atoms with van der Waals surface area (Å²) in [6, 6.07) is 5.16. The molecule has 0 radical (unpaired) electrons. The molecule has 0 heterocycles. The Morgan fingerprint density at radius 1 is 1.42 bits per heavy atom. The fraction of sp³-hybridized carbons (Fsp3) is 0.571. The number of nitrogens with zero attached hydrogens (tertiary/aromatic N) is 1. The van der Waals surface area contributed by atoms with Crippen molar-refractivity contribution >= 4 is 11.4 Å². The standard InChI is InChI=1S/C14H22N2O3/c1-11-5-6-12(13(9-11)16(18)19)15-8-4-7-14(2,3)10-17/h5-6,9,15,17H,4,7-8,10H2,1-3H3. The molecular formula is C14H22N2O3. The van der Waals surface area contributed by atoms with E-state index in [1.165, 1.54) is 0 Å². The van der Waals surface area contributed by atoms with Crippen molar-refractivity contribution in [1.29, 1.82) is 0 Å². The van der Waals surface area contributed by atoms with Gasteiger partial charge in [-0.15, -0.1) is 0 Å². The smallest absolute Gasteiger partial charge is 0.292 e. The fourth-order valence-corrected chi connectivity index (χ4v) is 1.81. The van der Waals surface area contributed by atoms with Gasteiger partial charge in [-0.3, -0.25) is 10.1 Å². The molecule has 1 aromatic rings. The van der Waals surface area contributed by atoms with E-state index in [-0.39, 0.29) is 22.6 Å². The van der Waals surface area contributed by atoms with E-state index in [1.54, 1.807) is 12.1 Å². The first-order valence-electron chi connectivity index (χ1n) is 6.45. The van der Waals surface area contributed by atoms with Crippen LogP contribution in [0.15, 0.2) is 18.2 Å². The first-order valence-corrected chi connectivity index (χ1v) is 6.45. The van der Waals surface area contributed by atoms with Crippen LogP contribution in [0.25, 0.3) is 0 Å². The summed E-state index contributed by atoms with van der Waals surface area (Å²) in [6.07, 6.45) is 1.73. The molecule has 1 aromatic carbocycles. The zero-order chi connectivity index (χ0) is 14.5. The Labute approximate surface area is 113 Å². The van der Waals surface area contributed by atoms with Gasteiger partial charge in [0.25, 0.3) is 5.69 Å². The Morgan fingerprint density at radius 3 is 2.68 bits per heavy atom. The number of aryl methyl sites for hydroxylation is 1. The van der Waals surface area contributed by atoms with Gasteiger partial charge in [-0.2, -0.15) is 0 Å². The predicted molar refractivity (Wildman–Crippen MR) is 76.4 cm³/mol. The third kappa shape index (κ3) is 4.87. The lowest BCUT2D eigenvalue weighted by atomic mass is 9.89. The molecule has 5 nitrogen and oxygen atoms in total. The highest BCUT2D eigenvalue weighted by atomic mass is 16.6. The van der Waals surface area contributed by atoms with E-state index in [4.69, 9.17) is 5.11 Å². The lowest BCUT2D eigenvalue weighted by molar-refractivity contribution is -0.384. The number of hydrogen-bond donors (Lipinski definition) is 2. The molecule has 2 N–H and O–H groups in total. The van der Waals surface area contributed by atoms with Crippen molar-refractivity contribution in [3.05, 3.63) is 33.9 Å². The van der Waals surface area contributed by atoms with Gasteiger partial charge in [-0.25, -0.2) is 0 Å². The molecule has 106 valence electrons. The number of anilines is 1. The summed E-state index contributed by atoms with van der Waals surface area (Å²) in [4.78, 5) is 10.6. The highest BCUT2D eigenvalue weighted by molar-refractivity contribution is 5.62. The molecule has 0 unspecified atom stereocenters. The van der Waals surface area contributed by atoms with Crippen molar-refractivity contribution in [1.82, 2.24) is 0 Å². The van der Waals surface area contributed by atoms with Gasteiger partial charge >= 0.3 is 0 Å². The summed E-state index contributed by atoms with van der Waals surface area (Å²) >= 11 is 0. The first kappa shape index (κ1) is 15.4. The van der Waals surface area contributed by atoms with Crippen molar-refractivity contribution in [3.8, 4) is 0 Å². The molecule has 0 bridgehead atoms. The number of hydrogen-bond acceptors (Lipinski definition) is 4. The van der Waals surface area contributed by atoms with E-state index in [0.29, 0.717) is 12.2 Å². The van der Waals surface area contributed by atoms with Gasteiger partial charge in [0.15, 0.2) is 0 Å². The van der Waals surface area contributed by atoms with Crippen molar-refractivity contribution in [3.63, 3.8) is 0 Å². The van der Waals surface area contributed by atoms with Crippen LogP contribution in [-0.2, 0) is 0 Å². The molecule has 0 aliphatic carbocycles. The van der Waals surface area contributed by atoms with E-state index in [2.05, 4.69) is 5.32 Å². The van der Waals surface area contributed by atoms with E-state index in [9.17, 15) is 10.1 Å². The Morgan fingerprint density at radius 2 is 2.11 bits per heavy atom. The topological polar surface area (TPSA) is 75.4 Å². The Hall–Kier alpha value is -1.62. The van der Waals surface area contributed by atoms with Crippen molar-refractivity contribution in [2.24, 2.45) is 5.41 Å². The van der Waals surface area contributed by atoms with Crippen LogP contribution in [0.4, 0.5) is 11.4 Å². The largest absolute Gasteiger partial charge is 0.396 e. The number of benzene rings is 1.